The summed E-state index contributed by atoms with van der Waals surface area (Å²) in [6.07, 6.45) is 0.000394. The number of hydrogen-bond acceptors (Lipinski definition) is 3. The number of thioether (sulfide) groups is 1. The SMILES string of the molecule is Cc1cccc(N(C)C(=O)N2CCSCC2CC(=O)O)c1. The van der Waals surface area contributed by atoms with Crippen LogP contribution in [0.2, 0.25) is 0 Å². The van der Waals surface area contributed by atoms with Crippen LogP contribution in [0.5, 0.6) is 0 Å². The molecule has 5 nitrogen and oxygen atoms in total. The molecule has 114 valence electrons. The van der Waals surface area contributed by atoms with Gasteiger partial charge in [-0.25, -0.2) is 4.79 Å². The summed E-state index contributed by atoms with van der Waals surface area (Å²) < 4.78 is 0. The number of aryl methyl sites for hydroxylation is 1. The molecule has 0 saturated carbocycles. The number of carboxylic acids is 1. The highest BCUT2D eigenvalue weighted by Gasteiger charge is 2.31. The molecule has 0 aromatic heterocycles. The van der Waals surface area contributed by atoms with Crippen molar-refractivity contribution in [3.63, 3.8) is 0 Å². The smallest absolute Gasteiger partial charge is 0.324 e. The fourth-order valence-corrected chi connectivity index (χ4v) is 3.48. The lowest BCUT2D eigenvalue weighted by atomic mass is 10.2. The van der Waals surface area contributed by atoms with Gasteiger partial charge in [0.2, 0.25) is 0 Å². The van der Waals surface area contributed by atoms with Gasteiger partial charge >= 0.3 is 12.0 Å². The number of aliphatic carboxylic acids is 1. The Bertz CT molecular complexity index is 535. The van der Waals surface area contributed by atoms with Gasteiger partial charge in [-0.15, -0.1) is 0 Å². The molecule has 1 N–H and O–H groups in total. The van der Waals surface area contributed by atoms with Gasteiger partial charge in [0.25, 0.3) is 0 Å². The van der Waals surface area contributed by atoms with Crippen molar-refractivity contribution in [2.24, 2.45) is 0 Å². The number of rotatable bonds is 3. The van der Waals surface area contributed by atoms with E-state index < -0.39 is 5.97 Å². The number of urea groups is 1. The summed E-state index contributed by atoms with van der Waals surface area (Å²) >= 11 is 1.70. The molecule has 0 radical (unpaired) electrons. The van der Waals surface area contributed by atoms with Gasteiger partial charge in [0, 0.05) is 30.8 Å². The summed E-state index contributed by atoms with van der Waals surface area (Å²) in [5, 5.41) is 9.00. The number of anilines is 1. The maximum absolute atomic E-state index is 12.7. The van der Waals surface area contributed by atoms with Gasteiger partial charge in [-0.3, -0.25) is 9.69 Å². The van der Waals surface area contributed by atoms with Crippen LogP contribution >= 0.6 is 11.8 Å². The summed E-state index contributed by atoms with van der Waals surface area (Å²) in [5.74, 6) is 0.668. The van der Waals surface area contributed by atoms with Crippen LogP contribution in [0.3, 0.4) is 0 Å². The number of hydrogen-bond donors (Lipinski definition) is 1. The molecule has 1 fully saturated rings. The molecule has 0 spiro atoms. The van der Waals surface area contributed by atoms with Crippen LogP contribution in [-0.2, 0) is 4.79 Å². The highest BCUT2D eigenvalue weighted by atomic mass is 32.2. The molecule has 1 aromatic rings. The number of carbonyl (C=O) groups is 2. The first-order valence-corrected chi connectivity index (χ1v) is 8.05. The number of carboxylic acid groups (broad SMARTS) is 1. The molecule has 1 heterocycles. The minimum Gasteiger partial charge on any atom is -0.481 e. The second-order valence-electron chi connectivity index (χ2n) is 5.20. The van der Waals surface area contributed by atoms with E-state index in [0.29, 0.717) is 12.3 Å². The maximum atomic E-state index is 12.7. The molecule has 2 rings (SSSR count). The average molecular weight is 308 g/mol. The van der Waals surface area contributed by atoms with Crippen molar-refractivity contribution in [2.75, 3.05) is 30.0 Å². The number of carbonyl (C=O) groups excluding carboxylic acids is 1. The van der Waals surface area contributed by atoms with Crippen LogP contribution < -0.4 is 4.90 Å². The van der Waals surface area contributed by atoms with Crippen LogP contribution in [-0.4, -0.2) is 53.1 Å². The zero-order valence-electron chi connectivity index (χ0n) is 12.3. The molecule has 1 saturated heterocycles. The van der Waals surface area contributed by atoms with E-state index in [9.17, 15) is 9.59 Å². The van der Waals surface area contributed by atoms with Gasteiger partial charge in [-0.1, -0.05) is 12.1 Å². The minimum atomic E-state index is -0.862. The molecular weight excluding hydrogens is 288 g/mol. The van der Waals surface area contributed by atoms with Gasteiger partial charge in [-0.2, -0.15) is 11.8 Å². The molecule has 2 amide bonds. The van der Waals surface area contributed by atoms with Gasteiger partial charge in [0.15, 0.2) is 0 Å². The molecule has 1 unspecified atom stereocenters. The van der Waals surface area contributed by atoms with Gasteiger partial charge in [0.05, 0.1) is 12.5 Å². The van der Waals surface area contributed by atoms with E-state index in [4.69, 9.17) is 5.11 Å². The largest absolute Gasteiger partial charge is 0.481 e. The van der Waals surface area contributed by atoms with Crippen LogP contribution in [0.1, 0.15) is 12.0 Å². The van der Waals surface area contributed by atoms with E-state index in [0.717, 1.165) is 17.0 Å². The Hall–Kier alpha value is -1.69. The standard InChI is InChI=1S/C15H20N2O3S/c1-11-4-3-5-12(8-11)16(2)15(20)17-6-7-21-10-13(17)9-14(18)19/h3-5,8,13H,6-7,9-10H2,1-2H3,(H,18,19). The molecule has 6 heteroatoms. The first kappa shape index (κ1) is 15.7. The first-order valence-electron chi connectivity index (χ1n) is 6.89. The number of benzene rings is 1. The Kier molecular flexibility index (Phi) is 5.12. The third kappa shape index (κ3) is 3.91. The average Bonchev–Trinajstić information content (AvgIpc) is 2.46. The Morgan fingerprint density at radius 2 is 2.24 bits per heavy atom. The normalized spacial score (nSPS) is 18.4. The predicted octanol–water partition coefficient (Wildman–Crippen LogP) is 2.44. The molecule has 1 aliphatic heterocycles. The summed E-state index contributed by atoms with van der Waals surface area (Å²) in [4.78, 5) is 26.9. The van der Waals surface area contributed by atoms with Crippen LogP contribution in [0.25, 0.3) is 0 Å². The van der Waals surface area contributed by atoms with E-state index >= 15 is 0 Å². The zero-order valence-corrected chi connectivity index (χ0v) is 13.1. The van der Waals surface area contributed by atoms with Crippen LogP contribution in [0, 0.1) is 6.92 Å². The quantitative estimate of drug-likeness (QED) is 0.931. The number of amides is 2. The second kappa shape index (κ2) is 6.85. The van der Waals surface area contributed by atoms with Gasteiger partial charge in [-0.05, 0) is 24.6 Å². The predicted molar refractivity (Wildman–Crippen MR) is 85.0 cm³/mol. The van der Waals surface area contributed by atoms with Crippen molar-refractivity contribution in [2.45, 2.75) is 19.4 Å². The summed E-state index contributed by atoms with van der Waals surface area (Å²) in [5.41, 5.74) is 1.91. The highest BCUT2D eigenvalue weighted by Crippen LogP contribution is 2.23. The lowest BCUT2D eigenvalue weighted by Gasteiger charge is -2.37. The van der Waals surface area contributed by atoms with E-state index in [1.165, 1.54) is 0 Å². The molecule has 1 aliphatic rings. The van der Waals surface area contributed by atoms with E-state index in [-0.39, 0.29) is 18.5 Å². The lowest BCUT2D eigenvalue weighted by molar-refractivity contribution is -0.137. The summed E-state index contributed by atoms with van der Waals surface area (Å²) in [6.45, 7) is 2.57. The highest BCUT2D eigenvalue weighted by molar-refractivity contribution is 7.99. The van der Waals surface area contributed by atoms with Crippen molar-refractivity contribution in [1.29, 1.82) is 0 Å². The third-order valence-electron chi connectivity index (χ3n) is 3.56. The Morgan fingerprint density at radius 1 is 1.48 bits per heavy atom. The molecule has 0 bridgehead atoms. The first-order chi connectivity index (χ1) is 9.99. The molecule has 1 aromatic carbocycles. The van der Waals surface area contributed by atoms with E-state index in [2.05, 4.69) is 0 Å². The number of nitrogens with zero attached hydrogens (tertiary/aromatic N) is 2. The van der Waals surface area contributed by atoms with Crippen LogP contribution in [0.4, 0.5) is 10.5 Å². The topological polar surface area (TPSA) is 60.9 Å². The van der Waals surface area contributed by atoms with Gasteiger partial charge < -0.3 is 10.0 Å². The Balaban J connectivity index is 2.14. The zero-order chi connectivity index (χ0) is 15.4. The van der Waals surface area contributed by atoms with Crippen molar-refractivity contribution in [1.82, 2.24) is 4.90 Å². The summed E-state index contributed by atoms with van der Waals surface area (Å²) in [7, 11) is 1.73. The maximum Gasteiger partial charge on any atom is 0.324 e. The van der Waals surface area contributed by atoms with Crippen molar-refractivity contribution < 1.29 is 14.7 Å². The van der Waals surface area contributed by atoms with E-state index in [1.54, 1.807) is 28.6 Å². The molecule has 21 heavy (non-hydrogen) atoms. The molecule has 0 aliphatic carbocycles. The third-order valence-corrected chi connectivity index (χ3v) is 4.65. The van der Waals surface area contributed by atoms with Crippen molar-refractivity contribution in [3.05, 3.63) is 29.8 Å². The van der Waals surface area contributed by atoms with Crippen molar-refractivity contribution >= 4 is 29.4 Å². The van der Waals surface area contributed by atoms with Gasteiger partial charge in [0.1, 0.15) is 0 Å². The Morgan fingerprint density at radius 3 is 2.90 bits per heavy atom. The fourth-order valence-electron chi connectivity index (χ4n) is 2.42. The summed E-state index contributed by atoms with van der Waals surface area (Å²) in [6, 6.07) is 7.36. The monoisotopic (exact) mass is 308 g/mol. The lowest BCUT2D eigenvalue weighted by Crippen LogP contribution is -2.51. The fraction of sp³-hybridized carbons (Fsp3) is 0.467. The van der Waals surface area contributed by atoms with E-state index in [1.807, 2.05) is 31.2 Å². The Labute approximate surface area is 128 Å². The van der Waals surface area contributed by atoms with Crippen molar-refractivity contribution in [3.8, 4) is 0 Å². The molecular formula is C15H20N2O3S. The second-order valence-corrected chi connectivity index (χ2v) is 6.35. The van der Waals surface area contributed by atoms with Crippen LogP contribution in [0.15, 0.2) is 24.3 Å². The molecule has 1 atom stereocenters. The minimum absolute atomic E-state index is 0.000394.